The number of hydrogen-bond acceptors (Lipinski definition) is 4. The first-order valence-corrected chi connectivity index (χ1v) is 14.0. The van der Waals surface area contributed by atoms with Gasteiger partial charge in [-0.1, -0.05) is 46.3 Å². The molecule has 0 spiro atoms. The Kier molecular flexibility index (Phi) is 4.86. The molecule has 4 nitrogen and oxygen atoms in total. The lowest BCUT2D eigenvalue weighted by Crippen LogP contribution is -2.57. The normalized spacial score (nSPS) is 55.2. The molecule has 5 fully saturated rings. The molecule has 0 amide bonds. The lowest BCUT2D eigenvalue weighted by atomic mass is 9.41. The number of ether oxygens (including phenoxy) is 2. The van der Waals surface area contributed by atoms with Crippen molar-refractivity contribution in [3.63, 3.8) is 0 Å². The number of Topliss-reactive ketones (excluding diaryl/α,β-unsaturated/α-hetero) is 1. The first-order valence-electron chi connectivity index (χ1n) is 14.0. The van der Waals surface area contributed by atoms with Crippen molar-refractivity contribution < 1.29 is 19.4 Å². The molecule has 2 heterocycles. The standard InChI is InChI=1S/C30H46O4/c1-26(2)22-9-8-20-19(28(22,5)13-12-23(26)31)11-15-29(6)18(10-14-30(20,29)7)17-16-21(33-25(17)32)24-27(3,4)34-24/h8,17-19,21-22,24-25,32H,9-16H2,1-7H3. The summed E-state index contributed by atoms with van der Waals surface area (Å²) in [5.74, 6) is 2.19. The lowest BCUT2D eigenvalue weighted by Gasteiger charge is -2.63. The number of allylic oxidation sites excluding steroid dienone is 2. The summed E-state index contributed by atoms with van der Waals surface area (Å²) in [5.41, 5.74) is 1.95. The summed E-state index contributed by atoms with van der Waals surface area (Å²) in [5, 5.41) is 11.0. The van der Waals surface area contributed by atoms with Crippen LogP contribution in [-0.4, -0.2) is 35.0 Å². The molecule has 0 aromatic heterocycles. The summed E-state index contributed by atoms with van der Waals surface area (Å²) in [4.78, 5) is 12.8. The van der Waals surface area contributed by atoms with E-state index < -0.39 is 6.29 Å². The number of rotatable bonds is 2. The van der Waals surface area contributed by atoms with Crippen LogP contribution in [0.25, 0.3) is 0 Å². The van der Waals surface area contributed by atoms with E-state index in [9.17, 15) is 9.90 Å². The fourth-order valence-corrected chi connectivity index (χ4v) is 10.3. The Morgan fingerprint density at radius 2 is 1.71 bits per heavy atom. The van der Waals surface area contributed by atoms with Gasteiger partial charge in [0.15, 0.2) is 6.29 Å². The molecule has 4 aliphatic carbocycles. The highest BCUT2D eigenvalue weighted by Gasteiger charge is 2.67. The van der Waals surface area contributed by atoms with Crippen LogP contribution >= 0.6 is 0 Å². The fourth-order valence-electron chi connectivity index (χ4n) is 10.3. The van der Waals surface area contributed by atoms with Gasteiger partial charge in [-0.3, -0.25) is 4.79 Å². The molecule has 190 valence electrons. The molecule has 10 unspecified atom stereocenters. The molecule has 34 heavy (non-hydrogen) atoms. The SMILES string of the molecule is CC1(C)OC1C1CC(C2CCC3(C)C4=CCC5C(C)(C)C(=O)CCC5(C)C4CCC23C)C(O)O1. The summed E-state index contributed by atoms with van der Waals surface area (Å²) < 4.78 is 12.0. The third-order valence-electron chi connectivity index (χ3n) is 12.7. The quantitative estimate of drug-likeness (QED) is 0.393. The second kappa shape index (κ2) is 6.98. The number of aliphatic hydroxyl groups excluding tert-OH is 1. The second-order valence-corrected chi connectivity index (χ2v) is 14.7. The number of aliphatic hydroxyl groups is 1. The molecule has 0 aromatic carbocycles. The Morgan fingerprint density at radius 1 is 1.00 bits per heavy atom. The summed E-state index contributed by atoms with van der Waals surface area (Å²) in [6.07, 6.45) is 10.6. The maximum atomic E-state index is 12.8. The molecule has 2 aliphatic heterocycles. The number of carbonyl (C=O) groups is 1. The van der Waals surface area contributed by atoms with E-state index in [2.05, 4.69) is 54.5 Å². The van der Waals surface area contributed by atoms with Crippen LogP contribution in [0.4, 0.5) is 0 Å². The molecule has 0 bridgehead atoms. The maximum Gasteiger partial charge on any atom is 0.158 e. The van der Waals surface area contributed by atoms with Crippen LogP contribution in [0, 0.1) is 45.3 Å². The van der Waals surface area contributed by atoms with Crippen molar-refractivity contribution in [3.8, 4) is 0 Å². The van der Waals surface area contributed by atoms with E-state index in [0.29, 0.717) is 23.5 Å². The lowest BCUT2D eigenvalue weighted by molar-refractivity contribution is -0.147. The number of carbonyl (C=O) groups excluding carboxylic acids is 1. The van der Waals surface area contributed by atoms with Gasteiger partial charge in [0.25, 0.3) is 0 Å². The van der Waals surface area contributed by atoms with Crippen LogP contribution in [0.1, 0.15) is 99.8 Å². The molecule has 3 saturated carbocycles. The molecular weight excluding hydrogens is 424 g/mol. The van der Waals surface area contributed by atoms with Gasteiger partial charge in [0.1, 0.15) is 11.9 Å². The molecule has 6 rings (SSSR count). The van der Waals surface area contributed by atoms with Gasteiger partial charge in [0, 0.05) is 17.8 Å². The molecule has 2 saturated heterocycles. The Hall–Kier alpha value is -0.710. The minimum atomic E-state index is -0.667. The van der Waals surface area contributed by atoms with Crippen molar-refractivity contribution in [1.82, 2.24) is 0 Å². The first kappa shape index (κ1) is 23.7. The summed E-state index contributed by atoms with van der Waals surface area (Å²) in [6.45, 7) is 16.2. The van der Waals surface area contributed by atoms with Gasteiger partial charge < -0.3 is 14.6 Å². The van der Waals surface area contributed by atoms with E-state index in [-0.39, 0.29) is 45.4 Å². The van der Waals surface area contributed by atoms with Gasteiger partial charge in [-0.2, -0.15) is 0 Å². The van der Waals surface area contributed by atoms with Gasteiger partial charge in [0.2, 0.25) is 0 Å². The summed E-state index contributed by atoms with van der Waals surface area (Å²) in [6, 6.07) is 0. The van der Waals surface area contributed by atoms with Crippen LogP contribution in [0.3, 0.4) is 0 Å². The summed E-state index contributed by atoms with van der Waals surface area (Å²) >= 11 is 0. The Balaban J connectivity index is 1.30. The van der Waals surface area contributed by atoms with E-state index in [1.807, 2.05) is 0 Å². The number of fused-ring (bicyclic) bond motifs is 5. The zero-order chi connectivity index (χ0) is 24.5. The Morgan fingerprint density at radius 3 is 2.38 bits per heavy atom. The van der Waals surface area contributed by atoms with Crippen molar-refractivity contribution >= 4 is 5.78 Å². The maximum absolute atomic E-state index is 12.8. The third-order valence-corrected chi connectivity index (χ3v) is 12.7. The van der Waals surface area contributed by atoms with Gasteiger partial charge >= 0.3 is 0 Å². The zero-order valence-corrected chi connectivity index (χ0v) is 22.4. The van der Waals surface area contributed by atoms with Crippen LogP contribution in [-0.2, 0) is 14.3 Å². The van der Waals surface area contributed by atoms with Crippen LogP contribution < -0.4 is 0 Å². The minimum Gasteiger partial charge on any atom is -0.368 e. The predicted octanol–water partition coefficient (Wildman–Crippen LogP) is 6.06. The molecule has 4 heteroatoms. The van der Waals surface area contributed by atoms with Crippen molar-refractivity contribution in [1.29, 1.82) is 0 Å². The third kappa shape index (κ3) is 2.85. The molecule has 10 atom stereocenters. The largest absolute Gasteiger partial charge is 0.368 e. The molecule has 0 radical (unpaired) electrons. The molecule has 1 N–H and O–H groups in total. The number of epoxide rings is 1. The van der Waals surface area contributed by atoms with E-state index >= 15 is 0 Å². The number of ketones is 1. The molecule has 6 aliphatic rings. The average Bonchev–Trinajstić information content (AvgIpc) is 3.08. The van der Waals surface area contributed by atoms with E-state index in [4.69, 9.17) is 9.47 Å². The van der Waals surface area contributed by atoms with Gasteiger partial charge in [0.05, 0.1) is 11.7 Å². The van der Waals surface area contributed by atoms with E-state index in [1.54, 1.807) is 5.57 Å². The van der Waals surface area contributed by atoms with Gasteiger partial charge in [-0.05, 0) is 92.8 Å². The van der Waals surface area contributed by atoms with Gasteiger partial charge in [-0.15, -0.1) is 0 Å². The van der Waals surface area contributed by atoms with Crippen molar-refractivity contribution in [2.75, 3.05) is 0 Å². The van der Waals surface area contributed by atoms with E-state index in [0.717, 1.165) is 25.7 Å². The van der Waals surface area contributed by atoms with Crippen LogP contribution in [0.2, 0.25) is 0 Å². The van der Waals surface area contributed by atoms with Crippen molar-refractivity contribution in [2.24, 2.45) is 45.3 Å². The Bertz CT molecular complexity index is 934. The van der Waals surface area contributed by atoms with Crippen molar-refractivity contribution in [2.45, 2.75) is 124 Å². The predicted molar refractivity (Wildman–Crippen MR) is 132 cm³/mol. The fraction of sp³-hybridized carbons (Fsp3) is 0.900. The zero-order valence-electron chi connectivity index (χ0n) is 22.4. The highest BCUT2D eigenvalue weighted by atomic mass is 16.7. The average molecular weight is 471 g/mol. The topological polar surface area (TPSA) is 59.1 Å². The Labute approximate surface area is 206 Å². The van der Waals surface area contributed by atoms with Crippen LogP contribution in [0.15, 0.2) is 11.6 Å². The van der Waals surface area contributed by atoms with E-state index in [1.165, 1.54) is 25.7 Å². The second-order valence-electron chi connectivity index (χ2n) is 14.7. The highest BCUT2D eigenvalue weighted by molar-refractivity contribution is 5.85. The monoisotopic (exact) mass is 470 g/mol. The minimum absolute atomic E-state index is 0.0253. The molecule has 0 aromatic rings. The highest BCUT2D eigenvalue weighted by Crippen LogP contribution is 2.73. The van der Waals surface area contributed by atoms with Crippen LogP contribution in [0.5, 0.6) is 0 Å². The van der Waals surface area contributed by atoms with Crippen molar-refractivity contribution in [3.05, 3.63) is 11.6 Å². The first-order chi connectivity index (χ1) is 15.8. The summed E-state index contributed by atoms with van der Waals surface area (Å²) in [7, 11) is 0. The van der Waals surface area contributed by atoms with Gasteiger partial charge in [-0.25, -0.2) is 0 Å². The molecular formula is C30H46O4. The number of hydrogen-bond donors (Lipinski definition) is 1. The smallest absolute Gasteiger partial charge is 0.158 e.